The van der Waals surface area contributed by atoms with Gasteiger partial charge in [-0.3, -0.25) is 4.79 Å². The van der Waals surface area contributed by atoms with Crippen LogP contribution in [0.3, 0.4) is 0 Å². The summed E-state index contributed by atoms with van der Waals surface area (Å²) in [5.41, 5.74) is 0. The Morgan fingerprint density at radius 2 is 1.83 bits per heavy atom. The molecule has 0 amide bonds. The number of hydrogen-bond donors (Lipinski definition) is 1. The molecule has 1 N–H and O–H groups in total. The molecule has 0 saturated carbocycles. The maximum absolute atomic E-state index is 10.8. The number of carbonyl (C=O) groups is 2. The van der Waals surface area contributed by atoms with E-state index in [1.165, 1.54) is 13.8 Å². The first-order chi connectivity index (χ1) is 5.45. The van der Waals surface area contributed by atoms with E-state index < -0.39 is 6.10 Å². The second-order valence-electron chi connectivity index (χ2n) is 3.21. The predicted molar refractivity (Wildman–Crippen MR) is 45.8 cm³/mol. The highest BCUT2D eigenvalue weighted by Crippen LogP contribution is 2.10. The molecule has 3 heteroatoms. The van der Waals surface area contributed by atoms with Gasteiger partial charge in [0.25, 0.3) is 0 Å². The van der Waals surface area contributed by atoms with Gasteiger partial charge in [0.2, 0.25) is 0 Å². The molecule has 0 aliphatic heterocycles. The maximum atomic E-state index is 10.8. The number of aliphatic hydroxyl groups is 1. The topological polar surface area (TPSA) is 54.4 Å². The fourth-order valence-corrected chi connectivity index (χ4v) is 0.872. The maximum Gasteiger partial charge on any atom is 0.135 e. The van der Waals surface area contributed by atoms with Crippen molar-refractivity contribution in [2.24, 2.45) is 5.92 Å². The highest BCUT2D eigenvalue weighted by atomic mass is 16.3. The molecule has 0 spiro atoms. The minimum atomic E-state index is -0.675. The zero-order valence-corrected chi connectivity index (χ0v) is 7.83. The summed E-state index contributed by atoms with van der Waals surface area (Å²) in [7, 11) is 0. The van der Waals surface area contributed by atoms with Gasteiger partial charge in [-0.05, 0) is 20.3 Å². The van der Waals surface area contributed by atoms with Crippen LogP contribution in [0.2, 0.25) is 0 Å². The van der Waals surface area contributed by atoms with Gasteiger partial charge in [0.15, 0.2) is 0 Å². The van der Waals surface area contributed by atoms with Crippen molar-refractivity contribution >= 4 is 11.6 Å². The Bertz CT molecular complexity index is 175. The van der Waals surface area contributed by atoms with Crippen LogP contribution in [0.4, 0.5) is 0 Å². The molecular weight excluding hydrogens is 156 g/mol. The minimum Gasteiger partial charge on any atom is -0.392 e. The van der Waals surface area contributed by atoms with Crippen LogP contribution < -0.4 is 0 Å². The van der Waals surface area contributed by atoms with E-state index in [1.54, 1.807) is 6.92 Å². The van der Waals surface area contributed by atoms with E-state index in [4.69, 9.17) is 0 Å². The van der Waals surface area contributed by atoms with Crippen molar-refractivity contribution in [1.29, 1.82) is 0 Å². The number of aliphatic hydroxyl groups excluding tert-OH is 1. The standard InChI is InChI=1S/C9H16O3/c1-6(10)4-5-9(12)7(2)8(3)11/h7,9,12H,4-5H2,1-3H3. The predicted octanol–water partition coefficient (Wildman–Crippen LogP) is 0.942. The smallest absolute Gasteiger partial charge is 0.135 e. The van der Waals surface area contributed by atoms with Crippen LogP contribution in [0.1, 0.15) is 33.6 Å². The molecule has 2 unspecified atom stereocenters. The SMILES string of the molecule is CC(=O)CCC(O)C(C)C(C)=O. The molecule has 70 valence electrons. The van der Waals surface area contributed by atoms with E-state index >= 15 is 0 Å². The fourth-order valence-electron chi connectivity index (χ4n) is 0.872. The lowest BCUT2D eigenvalue weighted by molar-refractivity contribution is -0.124. The highest BCUT2D eigenvalue weighted by Gasteiger charge is 2.18. The van der Waals surface area contributed by atoms with Gasteiger partial charge >= 0.3 is 0 Å². The summed E-state index contributed by atoms with van der Waals surface area (Å²) in [6.07, 6.45) is 0.0564. The molecule has 0 bridgehead atoms. The average Bonchev–Trinajstić information content (AvgIpc) is 1.98. The summed E-state index contributed by atoms with van der Waals surface area (Å²) in [6.45, 7) is 4.60. The quantitative estimate of drug-likeness (QED) is 0.671. The normalized spacial score (nSPS) is 15.3. The first-order valence-electron chi connectivity index (χ1n) is 4.13. The lowest BCUT2D eigenvalue weighted by Crippen LogP contribution is -2.24. The second-order valence-corrected chi connectivity index (χ2v) is 3.21. The molecule has 0 fully saturated rings. The van der Waals surface area contributed by atoms with Crippen molar-refractivity contribution in [3.63, 3.8) is 0 Å². The average molecular weight is 172 g/mol. The summed E-state index contributed by atoms with van der Waals surface area (Å²) < 4.78 is 0. The molecule has 2 atom stereocenters. The van der Waals surface area contributed by atoms with Crippen LogP contribution in [0, 0.1) is 5.92 Å². The van der Waals surface area contributed by atoms with E-state index in [2.05, 4.69) is 0 Å². The van der Waals surface area contributed by atoms with Gasteiger partial charge in [-0.2, -0.15) is 0 Å². The molecule has 0 aromatic carbocycles. The molecule has 0 radical (unpaired) electrons. The Hall–Kier alpha value is -0.700. The summed E-state index contributed by atoms with van der Waals surface area (Å²) in [5, 5.41) is 9.36. The van der Waals surface area contributed by atoms with Crippen LogP contribution >= 0.6 is 0 Å². The van der Waals surface area contributed by atoms with Gasteiger partial charge in [-0.1, -0.05) is 6.92 Å². The van der Waals surface area contributed by atoms with Crippen molar-refractivity contribution in [1.82, 2.24) is 0 Å². The van der Waals surface area contributed by atoms with Gasteiger partial charge in [0.1, 0.15) is 11.6 Å². The van der Waals surface area contributed by atoms with Crippen molar-refractivity contribution in [2.75, 3.05) is 0 Å². The summed E-state index contributed by atoms with van der Waals surface area (Å²) in [6, 6.07) is 0. The third kappa shape index (κ3) is 4.23. The van der Waals surface area contributed by atoms with E-state index in [1.807, 2.05) is 0 Å². The zero-order valence-electron chi connectivity index (χ0n) is 7.83. The Kier molecular flexibility index (Phi) is 4.74. The van der Waals surface area contributed by atoms with E-state index in [0.717, 1.165) is 0 Å². The molecule has 0 aliphatic rings. The third-order valence-corrected chi connectivity index (χ3v) is 2.01. The molecule has 12 heavy (non-hydrogen) atoms. The van der Waals surface area contributed by atoms with E-state index in [9.17, 15) is 14.7 Å². The highest BCUT2D eigenvalue weighted by molar-refractivity contribution is 5.79. The minimum absolute atomic E-state index is 0.0361. The van der Waals surface area contributed by atoms with Gasteiger partial charge in [0, 0.05) is 12.3 Å². The van der Waals surface area contributed by atoms with Crippen LogP contribution in [-0.2, 0) is 9.59 Å². The largest absolute Gasteiger partial charge is 0.392 e. The van der Waals surface area contributed by atoms with E-state index in [0.29, 0.717) is 12.8 Å². The number of Topliss-reactive ketones (excluding diaryl/α,β-unsaturated/α-hetero) is 2. The lowest BCUT2D eigenvalue weighted by atomic mass is 9.96. The van der Waals surface area contributed by atoms with Gasteiger partial charge in [-0.25, -0.2) is 0 Å². The summed E-state index contributed by atoms with van der Waals surface area (Å²) in [5.74, 6) is -0.347. The molecule has 0 aromatic rings. The summed E-state index contributed by atoms with van der Waals surface area (Å²) >= 11 is 0. The first kappa shape index (κ1) is 11.3. The molecule has 0 aromatic heterocycles. The number of hydrogen-bond acceptors (Lipinski definition) is 3. The Balaban J connectivity index is 3.79. The third-order valence-electron chi connectivity index (χ3n) is 2.01. The molecule has 3 nitrogen and oxygen atoms in total. The van der Waals surface area contributed by atoms with Crippen LogP contribution in [0.15, 0.2) is 0 Å². The molecule has 0 rings (SSSR count). The molecule has 0 saturated heterocycles. The number of rotatable bonds is 5. The Labute approximate surface area is 72.8 Å². The van der Waals surface area contributed by atoms with Gasteiger partial charge < -0.3 is 9.90 Å². The van der Waals surface area contributed by atoms with Crippen molar-refractivity contribution < 1.29 is 14.7 Å². The van der Waals surface area contributed by atoms with Crippen LogP contribution in [0.5, 0.6) is 0 Å². The number of ketones is 2. The van der Waals surface area contributed by atoms with Gasteiger partial charge in [0.05, 0.1) is 6.10 Å². The first-order valence-corrected chi connectivity index (χ1v) is 4.13. The monoisotopic (exact) mass is 172 g/mol. The van der Waals surface area contributed by atoms with Crippen molar-refractivity contribution in [3.8, 4) is 0 Å². The van der Waals surface area contributed by atoms with E-state index in [-0.39, 0.29) is 17.5 Å². The molecule has 0 aliphatic carbocycles. The fraction of sp³-hybridized carbons (Fsp3) is 0.778. The number of carbonyl (C=O) groups excluding carboxylic acids is 2. The second kappa shape index (κ2) is 5.04. The Morgan fingerprint density at radius 3 is 2.17 bits per heavy atom. The van der Waals surface area contributed by atoms with Crippen molar-refractivity contribution in [3.05, 3.63) is 0 Å². The van der Waals surface area contributed by atoms with Crippen molar-refractivity contribution in [2.45, 2.75) is 39.7 Å². The Morgan fingerprint density at radius 1 is 1.33 bits per heavy atom. The van der Waals surface area contributed by atoms with Gasteiger partial charge in [-0.15, -0.1) is 0 Å². The zero-order chi connectivity index (χ0) is 9.72. The molecule has 0 heterocycles. The van der Waals surface area contributed by atoms with Crippen LogP contribution in [-0.4, -0.2) is 22.8 Å². The lowest BCUT2D eigenvalue weighted by Gasteiger charge is -2.14. The molecular formula is C9H16O3. The summed E-state index contributed by atoms with van der Waals surface area (Å²) in [4.78, 5) is 21.3. The van der Waals surface area contributed by atoms with Crippen LogP contribution in [0.25, 0.3) is 0 Å².